The number of ether oxygens (including phenoxy) is 1. The van der Waals surface area contributed by atoms with E-state index in [9.17, 15) is 9.59 Å². The maximum Gasteiger partial charge on any atom is 0.228 e. The number of hydrogen-bond acceptors (Lipinski definition) is 3. The second kappa shape index (κ2) is 7.79. The van der Waals surface area contributed by atoms with Gasteiger partial charge in [-0.05, 0) is 59.1 Å². The average molecular weight is 421 g/mol. The number of hydrogen-bond donors (Lipinski definition) is 2. The lowest BCUT2D eigenvalue weighted by atomic mass is 10.0. The van der Waals surface area contributed by atoms with Crippen LogP contribution in [0.5, 0.6) is 0 Å². The third kappa shape index (κ3) is 4.67. The van der Waals surface area contributed by atoms with Gasteiger partial charge in [0.25, 0.3) is 0 Å². The zero-order valence-corrected chi connectivity index (χ0v) is 19.0. The molecule has 2 aliphatic rings. The lowest BCUT2D eigenvalue weighted by Gasteiger charge is -2.17. The minimum atomic E-state index is -0.223. The van der Waals surface area contributed by atoms with Crippen LogP contribution in [0, 0.1) is 22.7 Å². The van der Waals surface area contributed by atoms with E-state index in [0.29, 0.717) is 0 Å². The van der Waals surface area contributed by atoms with E-state index in [0.717, 1.165) is 35.3 Å². The fourth-order valence-electron chi connectivity index (χ4n) is 4.24. The maximum atomic E-state index is 12.3. The highest BCUT2D eigenvalue weighted by Gasteiger charge is 2.51. The van der Waals surface area contributed by atoms with Crippen molar-refractivity contribution in [2.24, 2.45) is 22.7 Å². The van der Waals surface area contributed by atoms with Gasteiger partial charge in [0.1, 0.15) is 6.10 Å². The standard InChI is InChI=1S/C26H32N2O3/c1-25(2)14-20(25)23(29)27-18-10-6-16(7-11-18)22(31-5)17-8-12-19(13-9-17)28-24(30)21-15-26(21,3)4/h6-13,20-22H,14-15H2,1-5H3,(H,27,29)(H,28,30). The van der Waals surface area contributed by atoms with Crippen molar-refractivity contribution in [2.45, 2.75) is 46.6 Å². The fraction of sp³-hybridized carbons (Fsp3) is 0.462. The molecule has 2 atom stereocenters. The molecule has 0 saturated heterocycles. The van der Waals surface area contributed by atoms with Gasteiger partial charge in [-0.3, -0.25) is 9.59 Å². The van der Waals surface area contributed by atoms with Crippen LogP contribution >= 0.6 is 0 Å². The summed E-state index contributed by atoms with van der Waals surface area (Å²) in [4.78, 5) is 24.6. The van der Waals surface area contributed by atoms with Gasteiger partial charge in [-0.2, -0.15) is 0 Å². The molecule has 2 N–H and O–H groups in total. The summed E-state index contributed by atoms with van der Waals surface area (Å²) in [7, 11) is 1.68. The summed E-state index contributed by atoms with van der Waals surface area (Å²) in [5.41, 5.74) is 3.84. The highest BCUT2D eigenvalue weighted by atomic mass is 16.5. The lowest BCUT2D eigenvalue weighted by molar-refractivity contribution is -0.118. The van der Waals surface area contributed by atoms with Crippen molar-refractivity contribution in [1.82, 2.24) is 0 Å². The van der Waals surface area contributed by atoms with E-state index in [1.165, 1.54) is 0 Å². The van der Waals surface area contributed by atoms with E-state index in [1.807, 2.05) is 48.5 Å². The zero-order valence-electron chi connectivity index (χ0n) is 19.0. The molecule has 2 aliphatic carbocycles. The number of carbonyl (C=O) groups excluding carboxylic acids is 2. The topological polar surface area (TPSA) is 67.4 Å². The van der Waals surface area contributed by atoms with E-state index >= 15 is 0 Å². The molecule has 0 bridgehead atoms. The normalized spacial score (nSPS) is 23.5. The summed E-state index contributed by atoms with van der Waals surface area (Å²) in [6, 6.07) is 15.6. The first-order valence-electron chi connectivity index (χ1n) is 11.0. The first-order chi connectivity index (χ1) is 14.6. The van der Waals surface area contributed by atoms with Crippen molar-refractivity contribution in [3.63, 3.8) is 0 Å². The van der Waals surface area contributed by atoms with Gasteiger partial charge >= 0.3 is 0 Å². The maximum absolute atomic E-state index is 12.3. The van der Waals surface area contributed by atoms with Crippen molar-refractivity contribution in [3.8, 4) is 0 Å². The van der Waals surface area contributed by atoms with Crippen LogP contribution in [0.15, 0.2) is 48.5 Å². The molecule has 2 fully saturated rings. The summed E-state index contributed by atoms with van der Waals surface area (Å²) in [5.74, 6) is 0.384. The number of methoxy groups -OCH3 is 1. The first kappa shape index (κ1) is 21.6. The van der Waals surface area contributed by atoms with Gasteiger partial charge in [-0.1, -0.05) is 52.0 Å². The molecule has 4 rings (SSSR count). The molecule has 164 valence electrons. The SMILES string of the molecule is COC(c1ccc(NC(=O)C2CC2(C)C)cc1)c1ccc(NC(=O)C2CC2(C)C)cc1. The molecule has 2 aromatic carbocycles. The van der Waals surface area contributed by atoms with Crippen molar-refractivity contribution >= 4 is 23.2 Å². The third-order valence-corrected chi connectivity index (χ3v) is 6.86. The Morgan fingerprint density at radius 2 is 1.10 bits per heavy atom. The molecule has 0 aromatic heterocycles. The van der Waals surface area contributed by atoms with Crippen molar-refractivity contribution in [2.75, 3.05) is 17.7 Å². The Balaban J connectivity index is 1.39. The molecular weight excluding hydrogens is 388 g/mol. The number of carbonyl (C=O) groups is 2. The minimum Gasteiger partial charge on any atom is -0.372 e. The highest BCUT2D eigenvalue weighted by Crippen LogP contribution is 2.52. The van der Waals surface area contributed by atoms with Crippen LogP contribution < -0.4 is 10.6 Å². The summed E-state index contributed by atoms with van der Waals surface area (Å²) < 4.78 is 5.74. The van der Waals surface area contributed by atoms with Crippen LogP contribution in [0.2, 0.25) is 0 Å². The first-order valence-corrected chi connectivity index (χ1v) is 11.0. The van der Waals surface area contributed by atoms with Gasteiger partial charge in [0.05, 0.1) is 0 Å². The van der Waals surface area contributed by atoms with Gasteiger partial charge in [-0.15, -0.1) is 0 Å². The van der Waals surface area contributed by atoms with Gasteiger partial charge in [0.2, 0.25) is 11.8 Å². The Labute approximate surface area is 184 Å². The summed E-state index contributed by atoms with van der Waals surface area (Å²) in [6.07, 6.45) is 1.66. The van der Waals surface area contributed by atoms with Crippen LogP contribution in [0.4, 0.5) is 11.4 Å². The van der Waals surface area contributed by atoms with Crippen LogP contribution in [0.3, 0.4) is 0 Å². The molecule has 0 heterocycles. The van der Waals surface area contributed by atoms with Gasteiger partial charge in [0, 0.05) is 30.3 Å². The second-order valence-corrected chi connectivity index (χ2v) is 10.3. The van der Waals surface area contributed by atoms with Crippen molar-refractivity contribution in [1.29, 1.82) is 0 Å². The molecule has 2 aromatic rings. The molecule has 31 heavy (non-hydrogen) atoms. The molecule has 5 heteroatoms. The van der Waals surface area contributed by atoms with E-state index in [-0.39, 0.29) is 40.6 Å². The second-order valence-electron chi connectivity index (χ2n) is 10.3. The molecule has 0 radical (unpaired) electrons. The molecular formula is C26H32N2O3. The number of benzene rings is 2. The van der Waals surface area contributed by atoms with E-state index in [2.05, 4.69) is 38.3 Å². The van der Waals surface area contributed by atoms with Crippen LogP contribution in [0.1, 0.15) is 57.8 Å². The van der Waals surface area contributed by atoms with Crippen molar-refractivity contribution in [3.05, 3.63) is 59.7 Å². The largest absolute Gasteiger partial charge is 0.372 e. The monoisotopic (exact) mass is 420 g/mol. The number of rotatable bonds is 7. The summed E-state index contributed by atoms with van der Waals surface area (Å²) in [5, 5.41) is 6.02. The van der Waals surface area contributed by atoms with Crippen molar-refractivity contribution < 1.29 is 14.3 Å². The molecule has 0 aliphatic heterocycles. The minimum absolute atomic E-state index is 0.0910. The highest BCUT2D eigenvalue weighted by molar-refractivity contribution is 5.95. The molecule has 2 saturated carbocycles. The lowest BCUT2D eigenvalue weighted by Crippen LogP contribution is -2.16. The van der Waals surface area contributed by atoms with Gasteiger partial charge in [-0.25, -0.2) is 0 Å². The van der Waals surface area contributed by atoms with Gasteiger partial charge in [0.15, 0.2) is 0 Å². The van der Waals surface area contributed by atoms with Crippen LogP contribution in [0.25, 0.3) is 0 Å². The van der Waals surface area contributed by atoms with Gasteiger partial charge < -0.3 is 15.4 Å². The summed E-state index contributed by atoms with van der Waals surface area (Å²) in [6.45, 7) is 8.47. The summed E-state index contributed by atoms with van der Waals surface area (Å²) >= 11 is 0. The average Bonchev–Trinajstić information content (AvgIpc) is 3.58. The van der Waals surface area contributed by atoms with Crippen LogP contribution in [-0.2, 0) is 14.3 Å². The predicted octanol–water partition coefficient (Wildman–Crippen LogP) is 5.39. The Hall–Kier alpha value is -2.66. The fourth-order valence-corrected chi connectivity index (χ4v) is 4.24. The third-order valence-electron chi connectivity index (χ3n) is 6.86. The Morgan fingerprint density at radius 1 is 0.774 bits per heavy atom. The van der Waals surface area contributed by atoms with Crippen LogP contribution in [-0.4, -0.2) is 18.9 Å². The molecule has 2 amide bonds. The van der Waals surface area contributed by atoms with E-state index in [4.69, 9.17) is 4.74 Å². The molecule has 2 unspecified atom stereocenters. The smallest absolute Gasteiger partial charge is 0.228 e. The number of amides is 2. The van der Waals surface area contributed by atoms with E-state index < -0.39 is 0 Å². The predicted molar refractivity (Wildman–Crippen MR) is 123 cm³/mol. The number of anilines is 2. The zero-order chi connectivity index (χ0) is 22.4. The molecule has 5 nitrogen and oxygen atoms in total. The molecule has 0 spiro atoms. The van der Waals surface area contributed by atoms with E-state index in [1.54, 1.807) is 7.11 Å². The Bertz CT molecular complexity index is 897. The Morgan fingerprint density at radius 3 is 1.35 bits per heavy atom. The quantitative estimate of drug-likeness (QED) is 0.631. The Kier molecular flexibility index (Phi) is 5.42. The number of nitrogens with one attached hydrogen (secondary N) is 2.